The number of ether oxygens (including phenoxy) is 2. The molecule has 0 unspecified atom stereocenters. The van der Waals surface area contributed by atoms with Crippen molar-refractivity contribution >= 4 is 17.4 Å². The summed E-state index contributed by atoms with van der Waals surface area (Å²) in [7, 11) is 2.29. The summed E-state index contributed by atoms with van der Waals surface area (Å²) in [6.07, 6.45) is 3.48. The lowest BCUT2D eigenvalue weighted by Crippen LogP contribution is -3.00. The fourth-order valence-electron chi connectivity index (χ4n) is 5.15. The number of hydrogen-bond donors (Lipinski definition) is 2. The van der Waals surface area contributed by atoms with Crippen LogP contribution in [0, 0.1) is 17.2 Å². The van der Waals surface area contributed by atoms with Crippen LogP contribution in [-0.4, -0.2) is 37.4 Å². The molecule has 7 nitrogen and oxygen atoms in total. The Kier molecular flexibility index (Phi) is 8.56. The number of rotatable bonds is 6. The summed E-state index contributed by atoms with van der Waals surface area (Å²) in [5.41, 5.74) is 4.19. The maximum Gasteiger partial charge on any atom is 0.323 e. The summed E-state index contributed by atoms with van der Waals surface area (Å²) in [6.45, 7) is 3.13. The van der Waals surface area contributed by atoms with Gasteiger partial charge in [0.15, 0.2) is 11.5 Å². The molecule has 1 fully saturated rings. The third kappa shape index (κ3) is 6.73. The van der Waals surface area contributed by atoms with E-state index in [1.54, 1.807) is 24.3 Å². The molecule has 2 amide bonds. The van der Waals surface area contributed by atoms with E-state index in [1.807, 2.05) is 12.1 Å². The molecule has 2 aliphatic heterocycles. The minimum Gasteiger partial charge on any atom is -1.00 e. The minimum absolute atomic E-state index is 0. The van der Waals surface area contributed by atoms with Crippen LogP contribution in [0.4, 0.5) is 16.2 Å². The molecule has 0 spiro atoms. The summed E-state index contributed by atoms with van der Waals surface area (Å²) >= 11 is 0. The van der Waals surface area contributed by atoms with E-state index in [9.17, 15) is 4.79 Å². The van der Waals surface area contributed by atoms with Crippen LogP contribution in [0.5, 0.6) is 11.5 Å². The van der Waals surface area contributed by atoms with Gasteiger partial charge in [-0.25, -0.2) is 4.79 Å². The summed E-state index contributed by atoms with van der Waals surface area (Å²) in [6, 6.07) is 23.1. The van der Waals surface area contributed by atoms with Crippen molar-refractivity contribution in [2.45, 2.75) is 25.8 Å². The lowest BCUT2D eigenvalue weighted by atomic mass is 9.89. The van der Waals surface area contributed by atoms with Gasteiger partial charge in [0.05, 0.1) is 37.5 Å². The Morgan fingerprint density at radius 3 is 2.46 bits per heavy atom. The van der Waals surface area contributed by atoms with E-state index in [4.69, 9.17) is 14.7 Å². The van der Waals surface area contributed by atoms with Gasteiger partial charge in [0.25, 0.3) is 0 Å². The molecule has 5 rings (SSSR count). The van der Waals surface area contributed by atoms with Crippen molar-refractivity contribution in [1.82, 2.24) is 0 Å². The van der Waals surface area contributed by atoms with Crippen LogP contribution < -0.4 is 44.1 Å². The molecule has 0 aromatic heterocycles. The third-order valence-electron chi connectivity index (χ3n) is 7.17. The van der Waals surface area contributed by atoms with Crippen LogP contribution in [0.15, 0.2) is 66.7 Å². The second kappa shape index (κ2) is 11.8. The predicted octanol–water partition coefficient (Wildman–Crippen LogP) is 2.53. The summed E-state index contributed by atoms with van der Waals surface area (Å²) in [5.74, 6) is 2.04. The first kappa shape index (κ1) is 26.8. The molecule has 0 atom stereocenters. The number of carbonyl (C=O) groups excluding carboxylic acids is 1. The van der Waals surface area contributed by atoms with Gasteiger partial charge >= 0.3 is 6.03 Å². The van der Waals surface area contributed by atoms with Crippen LogP contribution in [0.2, 0.25) is 0 Å². The average molecular weight is 610 g/mol. The van der Waals surface area contributed by atoms with Gasteiger partial charge in [-0.2, -0.15) is 5.26 Å². The van der Waals surface area contributed by atoms with Crippen LogP contribution in [0.3, 0.4) is 0 Å². The predicted molar refractivity (Wildman–Crippen MR) is 139 cm³/mol. The molecule has 2 N–H and O–H groups in total. The topological polar surface area (TPSA) is 83.4 Å². The second-order valence-corrected chi connectivity index (χ2v) is 9.99. The van der Waals surface area contributed by atoms with E-state index < -0.39 is 0 Å². The number of nitriles is 1. The molecule has 0 radical (unpaired) electrons. The molecule has 8 heteroatoms. The molecule has 0 bridgehead atoms. The SMILES string of the molecule is C[N+]1(Cc2cc3c(cc2NC(=O)Nc2cccc(C#N)c2)OCO3)CCC(Cc2ccccc2)CC1.[I-]. The number of anilines is 2. The number of quaternary nitrogens is 1. The number of nitrogens with zero attached hydrogens (tertiary/aromatic N) is 2. The van der Waals surface area contributed by atoms with Crippen molar-refractivity contribution in [3.8, 4) is 17.6 Å². The quantitative estimate of drug-likeness (QED) is 0.332. The van der Waals surface area contributed by atoms with Gasteiger partial charge in [-0.05, 0) is 55.0 Å². The summed E-state index contributed by atoms with van der Waals surface area (Å²) in [5, 5.41) is 14.9. The second-order valence-electron chi connectivity index (χ2n) is 9.99. The lowest BCUT2D eigenvalue weighted by Gasteiger charge is -2.41. The number of hydrogen-bond acceptors (Lipinski definition) is 4. The number of fused-ring (bicyclic) bond motifs is 1. The zero-order valence-electron chi connectivity index (χ0n) is 20.9. The van der Waals surface area contributed by atoms with Gasteiger partial charge in [0.1, 0.15) is 6.54 Å². The zero-order chi connectivity index (χ0) is 25.0. The maximum absolute atomic E-state index is 12.8. The smallest absolute Gasteiger partial charge is 0.323 e. The minimum atomic E-state index is -0.366. The van der Waals surface area contributed by atoms with E-state index in [0.717, 1.165) is 36.1 Å². The zero-order valence-corrected chi connectivity index (χ0v) is 23.0. The van der Waals surface area contributed by atoms with Gasteiger partial charge in [0.2, 0.25) is 6.79 Å². The Morgan fingerprint density at radius 2 is 1.73 bits per heavy atom. The fourth-order valence-corrected chi connectivity index (χ4v) is 5.15. The molecule has 2 aliphatic rings. The van der Waals surface area contributed by atoms with Crippen molar-refractivity contribution in [3.05, 3.63) is 83.4 Å². The molecule has 0 aliphatic carbocycles. The molecular weight excluding hydrogens is 579 g/mol. The summed E-state index contributed by atoms with van der Waals surface area (Å²) in [4.78, 5) is 12.8. The van der Waals surface area contributed by atoms with E-state index >= 15 is 0 Å². The van der Waals surface area contributed by atoms with Crippen LogP contribution in [0.25, 0.3) is 0 Å². The van der Waals surface area contributed by atoms with E-state index in [0.29, 0.717) is 34.4 Å². The fraction of sp³-hybridized carbons (Fsp3) is 0.310. The Balaban J connectivity index is 0.00000320. The molecule has 192 valence electrons. The first-order valence-corrected chi connectivity index (χ1v) is 12.4. The number of nitrogens with one attached hydrogen (secondary N) is 2. The van der Waals surface area contributed by atoms with Gasteiger partial charge in [-0.15, -0.1) is 0 Å². The number of carbonyl (C=O) groups is 1. The van der Waals surface area contributed by atoms with Gasteiger partial charge in [-0.3, -0.25) is 0 Å². The molecule has 0 saturated carbocycles. The van der Waals surface area contributed by atoms with E-state index in [-0.39, 0.29) is 36.8 Å². The number of halogens is 1. The standard InChI is InChI=1S/C29H30N4O3.HI/c1-33(12-10-22(11-13-33)14-21-6-3-2-4-7-21)19-24-16-27-28(36-20-35-27)17-26(24)32-29(34)31-25-9-5-8-23(15-25)18-30;/h2-9,15-17,22H,10-14,19-20H2,1H3,(H-,31,32,34);1H. The number of amides is 2. The first-order valence-electron chi connectivity index (χ1n) is 12.4. The largest absolute Gasteiger partial charge is 1.00 e. The highest BCUT2D eigenvalue weighted by Gasteiger charge is 2.32. The molecule has 2 heterocycles. The van der Waals surface area contributed by atoms with E-state index in [2.05, 4.69) is 54.1 Å². The Bertz CT molecular complexity index is 1280. The first-order chi connectivity index (χ1) is 17.5. The average Bonchev–Trinajstić information content (AvgIpc) is 3.33. The Morgan fingerprint density at radius 1 is 1.00 bits per heavy atom. The van der Waals surface area contributed by atoms with Crippen molar-refractivity contribution in [2.75, 3.05) is 37.6 Å². The highest BCUT2D eigenvalue weighted by atomic mass is 127. The molecular formula is C29H31IN4O3. The van der Waals surface area contributed by atoms with Crippen LogP contribution >= 0.6 is 0 Å². The molecule has 3 aromatic rings. The van der Waals surface area contributed by atoms with Crippen LogP contribution in [-0.2, 0) is 13.0 Å². The highest BCUT2D eigenvalue weighted by Crippen LogP contribution is 2.39. The number of benzene rings is 3. The molecule has 3 aromatic carbocycles. The van der Waals surface area contributed by atoms with Crippen LogP contribution in [0.1, 0.15) is 29.5 Å². The summed E-state index contributed by atoms with van der Waals surface area (Å²) < 4.78 is 12.1. The lowest BCUT2D eigenvalue weighted by molar-refractivity contribution is -0.928. The molecule has 37 heavy (non-hydrogen) atoms. The number of likely N-dealkylation sites (tertiary alicyclic amines) is 1. The normalized spacial score (nSPS) is 19.8. The van der Waals surface area contributed by atoms with Gasteiger partial charge in [-0.1, -0.05) is 36.4 Å². The maximum atomic E-state index is 12.8. The van der Waals surface area contributed by atoms with Crippen molar-refractivity contribution < 1.29 is 42.7 Å². The monoisotopic (exact) mass is 610 g/mol. The van der Waals surface area contributed by atoms with Gasteiger partial charge < -0.3 is 48.6 Å². The van der Waals surface area contributed by atoms with Crippen molar-refractivity contribution in [3.63, 3.8) is 0 Å². The third-order valence-corrected chi connectivity index (χ3v) is 7.17. The number of piperidine rings is 1. The Labute approximate surface area is 235 Å². The number of urea groups is 1. The highest BCUT2D eigenvalue weighted by molar-refractivity contribution is 6.00. The van der Waals surface area contributed by atoms with Gasteiger partial charge in [0, 0.05) is 17.3 Å². The molecule has 1 saturated heterocycles. The Hall–Kier alpha value is -3.29. The van der Waals surface area contributed by atoms with Crippen molar-refractivity contribution in [2.24, 2.45) is 5.92 Å². The van der Waals surface area contributed by atoms with E-state index in [1.165, 1.54) is 18.4 Å². The van der Waals surface area contributed by atoms with Crippen molar-refractivity contribution in [1.29, 1.82) is 5.26 Å².